The number of hydrogen-bond acceptors (Lipinski definition) is 6. The second-order valence-electron chi connectivity index (χ2n) is 6.35. The van der Waals surface area contributed by atoms with E-state index in [2.05, 4.69) is 4.98 Å². The van der Waals surface area contributed by atoms with Gasteiger partial charge in [0, 0.05) is 22.7 Å². The summed E-state index contributed by atoms with van der Waals surface area (Å²) >= 11 is 1.60. The average molecular weight is 403 g/mol. The normalized spacial score (nSPS) is 10.7. The summed E-state index contributed by atoms with van der Waals surface area (Å²) in [5, 5.41) is 5.16. The van der Waals surface area contributed by atoms with Crippen molar-refractivity contribution in [3.8, 4) is 22.6 Å². The van der Waals surface area contributed by atoms with Gasteiger partial charge in [-0.05, 0) is 51.5 Å². The van der Waals surface area contributed by atoms with E-state index in [1.54, 1.807) is 29.5 Å². The predicted molar refractivity (Wildman–Crippen MR) is 113 cm³/mol. The molecule has 0 aliphatic heterocycles. The molecule has 4 rings (SSSR count). The molecule has 0 atom stereocenters. The Morgan fingerprint density at radius 1 is 1.00 bits per heavy atom. The van der Waals surface area contributed by atoms with Crippen molar-refractivity contribution >= 4 is 34.2 Å². The van der Waals surface area contributed by atoms with E-state index in [-0.39, 0.29) is 11.5 Å². The Morgan fingerprint density at radius 2 is 1.76 bits per heavy atom. The molecule has 0 spiro atoms. The number of carbonyl (C=O) groups excluding carboxylic acids is 2. The molecule has 0 amide bonds. The summed E-state index contributed by atoms with van der Waals surface area (Å²) in [5.41, 5.74) is 3.19. The van der Waals surface area contributed by atoms with Crippen LogP contribution in [0.2, 0.25) is 0 Å². The van der Waals surface area contributed by atoms with Gasteiger partial charge in [0.1, 0.15) is 5.69 Å². The van der Waals surface area contributed by atoms with E-state index < -0.39 is 0 Å². The van der Waals surface area contributed by atoms with E-state index in [1.807, 2.05) is 35.0 Å². The lowest BCUT2D eigenvalue weighted by atomic mass is 9.97. The van der Waals surface area contributed by atoms with Gasteiger partial charge in [-0.3, -0.25) is 14.6 Å². The summed E-state index contributed by atoms with van der Waals surface area (Å²) < 4.78 is 10.7. The highest BCUT2D eigenvalue weighted by Crippen LogP contribution is 2.35. The number of ketones is 1. The summed E-state index contributed by atoms with van der Waals surface area (Å²) in [5.74, 6) is 0.717. The van der Waals surface area contributed by atoms with Crippen molar-refractivity contribution in [1.29, 1.82) is 0 Å². The number of aromatic nitrogens is 1. The van der Waals surface area contributed by atoms with Crippen molar-refractivity contribution in [3.63, 3.8) is 0 Å². The van der Waals surface area contributed by atoms with E-state index in [9.17, 15) is 9.59 Å². The number of thiophene rings is 1. The van der Waals surface area contributed by atoms with Gasteiger partial charge in [0.15, 0.2) is 17.8 Å². The maximum absolute atomic E-state index is 13.3. The Morgan fingerprint density at radius 3 is 2.41 bits per heavy atom. The minimum absolute atomic E-state index is 0.225. The van der Waals surface area contributed by atoms with E-state index in [0.29, 0.717) is 39.7 Å². The smallest absolute Gasteiger partial charge is 0.211 e. The minimum atomic E-state index is -0.225. The van der Waals surface area contributed by atoms with Crippen molar-refractivity contribution in [2.75, 3.05) is 14.2 Å². The molecule has 6 heteroatoms. The lowest BCUT2D eigenvalue weighted by Gasteiger charge is -2.12. The van der Waals surface area contributed by atoms with Gasteiger partial charge in [-0.2, -0.15) is 11.3 Å². The van der Waals surface area contributed by atoms with Crippen molar-refractivity contribution in [1.82, 2.24) is 4.98 Å². The Balaban J connectivity index is 1.88. The Labute approximate surface area is 171 Å². The molecule has 0 unspecified atom stereocenters. The number of aldehydes is 1. The third kappa shape index (κ3) is 3.39. The first-order valence-corrected chi connectivity index (χ1v) is 9.77. The quantitative estimate of drug-likeness (QED) is 0.334. The van der Waals surface area contributed by atoms with E-state index in [4.69, 9.17) is 9.47 Å². The molecule has 0 saturated carbocycles. The molecular weight excluding hydrogens is 386 g/mol. The van der Waals surface area contributed by atoms with Crippen LogP contribution in [0.4, 0.5) is 0 Å². The summed E-state index contributed by atoms with van der Waals surface area (Å²) in [6, 6.07) is 12.8. The zero-order valence-electron chi connectivity index (χ0n) is 15.8. The van der Waals surface area contributed by atoms with Crippen molar-refractivity contribution in [3.05, 3.63) is 76.2 Å². The Kier molecular flexibility index (Phi) is 5.10. The highest BCUT2D eigenvalue weighted by molar-refractivity contribution is 7.08. The molecule has 0 aliphatic rings. The molecule has 0 aliphatic carbocycles. The maximum atomic E-state index is 13.3. The lowest BCUT2D eigenvalue weighted by Crippen LogP contribution is -2.07. The second-order valence-corrected chi connectivity index (χ2v) is 7.13. The molecule has 2 aromatic carbocycles. The van der Waals surface area contributed by atoms with Crippen LogP contribution in [0.1, 0.15) is 26.4 Å². The van der Waals surface area contributed by atoms with E-state index in [0.717, 1.165) is 11.1 Å². The molecule has 0 saturated heterocycles. The molecule has 0 N–H and O–H groups in total. The summed E-state index contributed by atoms with van der Waals surface area (Å²) in [7, 11) is 3.04. The van der Waals surface area contributed by atoms with E-state index in [1.165, 1.54) is 20.4 Å². The SMILES string of the molecule is COc1cc2c(C=O)cnc(C(=O)c3cccc(-c4ccsc4)c3)c2cc1OC. The fraction of sp³-hybridized carbons (Fsp3) is 0.0870. The first kappa shape index (κ1) is 18.8. The van der Waals surface area contributed by atoms with Crippen molar-refractivity contribution < 1.29 is 19.1 Å². The van der Waals surface area contributed by atoms with Gasteiger partial charge >= 0.3 is 0 Å². The Bertz CT molecular complexity index is 1220. The third-order valence-electron chi connectivity index (χ3n) is 4.74. The third-order valence-corrected chi connectivity index (χ3v) is 5.43. The molecule has 5 nitrogen and oxygen atoms in total. The number of benzene rings is 2. The number of rotatable bonds is 6. The zero-order chi connectivity index (χ0) is 20.4. The highest BCUT2D eigenvalue weighted by Gasteiger charge is 2.19. The maximum Gasteiger partial charge on any atom is 0.211 e. The van der Waals surface area contributed by atoms with Crippen LogP contribution in [-0.2, 0) is 0 Å². The first-order chi connectivity index (χ1) is 14.2. The fourth-order valence-electron chi connectivity index (χ4n) is 3.27. The van der Waals surface area contributed by atoms with E-state index >= 15 is 0 Å². The van der Waals surface area contributed by atoms with Gasteiger partial charge in [-0.15, -0.1) is 0 Å². The van der Waals surface area contributed by atoms with Crippen LogP contribution in [0.25, 0.3) is 21.9 Å². The first-order valence-electron chi connectivity index (χ1n) is 8.83. The van der Waals surface area contributed by atoms with Gasteiger partial charge in [-0.25, -0.2) is 0 Å². The monoisotopic (exact) mass is 403 g/mol. The van der Waals surface area contributed by atoms with Crippen LogP contribution in [0.5, 0.6) is 11.5 Å². The number of ether oxygens (including phenoxy) is 2. The summed E-state index contributed by atoms with van der Waals surface area (Å²) in [6.45, 7) is 0. The van der Waals surface area contributed by atoms with Gasteiger partial charge in [0.2, 0.25) is 5.78 Å². The van der Waals surface area contributed by atoms with Crippen LogP contribution >= 0.6 is 11.3 Å². The number of hydrogen-bond donors (Lipinski definition) is 0. The van der Waals surface area contributed by atoms with Crippen LogP contribution in [0, 0.1) is 0 Å². The zero-order valence-corrected chi connectivity index (χ0v) is 16.7. The topological polar surface area (TPSA) is 65.5 Å². The highest BCUT2D eigenvalue weighted by atomic mass is 32.1. The van der Waals surface area contributed by atoms with Gasteiger partial charge in [0.25, 0.3) is 0 Å². The van der Waals surface area contributed by atoms with Crippen LogP contribution in [0.15, 0.2) is 59.4 Å². The molecule has 0 fully saturated rings. The summed E-state index contributed by atoms with van der Waals surface area (Å²) in [6.07, 6.45) is 2.13. The van der Waals surface area contributed by atoms with Gasteiger partial charge in [-0.1, -0.05) is 18.2 Å². The molecule has 144 valence electrons. The van der Waals surface area contributed by atoms with Gasteiger partial charge < -0.3 is 9.47 Å². The number of fused-ring (bicyclic) bond motifs is 1. The predicted octanol–water partition coefficient (Wildman–Crippen LogP) is 5.02. The second kappa shape index (κ2) is 7.85. The van der Waals surface area contributed by atoms with Gasteiger partial charge in [0.05, 0.1) is 14.2 Å². The molecular formula is C23H17NO4S. The molecule has 2 aromatic heterocycles. The number of carbonyl (C=O) groups is 2. The number of nitrogens with zero attached hydrogens (tertiary/aromatic N) is 1. The number of pyridine rings is 1. The Hall–Kier alpha value is -3.51. The lowest BCUT2D eigenvalue weighted by molar-refractivity contribution is 0.103. The van der Waals surface area contributed by atoms with Crippen LogP contribution < -0.4 is 9.47 Å². The molecule has 29 heavy (non-hydrogen) atoms. The van der Waals surface area contributed by atoms with Crippen LogP contribution in [-0.4, -0.2) is 31.3 Å². The standard InChI is InChI=1S/C23H17NO4S/c1-27-20-9-18-17(12-25)11-24-22(19(18)10-21(20)28-2)23(26)15-5-3-4-14(8-15)16-6-7-29-13-16/h3-13H,1-2H3. The van der Waals surface area contributed by atoms with Crippen molar-refractivity contribution in [2.24, 2.45) is 0 Å². The fourth-order valence-corrected chi connectivity index (χ4v) is 3.93. The van der Waals surface area contributed by atoms with Crippen LogP contribution in [0.3, 0.4) is 0 Å². The number of methoxy groups -OCH3 is 2. The largest absolute Gasteiger partial charge is 0.493 e. The molecule has 0 radical (unpaired) electrons. The minimum Gasteiger partial charge on any atom is -0.493 e. The molecule has 0 bridgehead atoms. The van der Waals surface area contributed by atoms with Crippen molar-refractivity contribution in [2.45, 2.75) is 0 Å². The average Bonchev–Trinajstić information content (AvgIpc) is 3.32. The molecule has 4 aromatic rings. The molecule has 2 heterocycles. The summed E-state index contributed by atoms with van der Waals surface area (Å²) in [4.78, 5) is 29.1.